The van der Waals surface area contributed by atoms with E-state index in [1.165, 1.54) is 0 Å². The van der Waals surface area contributed by atoms with Crippen molar-refractivity contribution in [2.24, 2.45) is 5.41 Å². The fourth-order valence-electron chi connectivity index (χ4n) is 4.44. The number of nitrogens with zero attached hydrogens (tertiary/aromatic N) is 5. The SMILES string of the molecule is Nc1cc(Nc2nc(NC3CC3)c3ncc(N)n3n2)c(Cl)c(N2CCC3(CC2)COC3)c1. The van der Waals surface area contributed by atoms with Gasteiger partial charge in [-0.1, -0.05) is 11.6 Å². The maximum Gasteiger partial charge on any atom is 0.247 e. The number of halogens is 1. The lowest BCUT2D eigenvalue weighted by Gasteiger charge is -2.48. The van der Waals surface area contributed by atoms with Crippen LogP contribution < -0.4 is 27.0 Å². The van der Waals surface area contributed by atoms with E-state index in [9.17, 15) is 0 Å². The van der Waals surface area contributed by atoms with E-state index in [4.69, 9.17) is 27.8 Å². The molecule has 168 valence electrons. The lowest BCUT2D eigenvalue weighted by molar-refractivity contribution is -0.124. The minimum atomic E-state index is 0.351. The van der Waals surface area contributed by atoms with Gasteiger partial charge in [-0.2, -0.15) is 9.50 Å². The van der Waals surface area contributed by atoms with Gasteiger partial charge in [-0.15, -0.1) is 5.10 Å². The van der Waals surface area contributed by atoms with Crippen molar-refractivity contribution in [3.05, 3.63) is 23.4 Å². The van der Waals surface area contributed by atoms with Gasteiger partial charge < -0.3 is 31.7 Å². The van der Waals surface area contributed by atoms with Gasteiger partial charge in [0.1, 0.15) is 5.82 Å². The van der Waals surface area contributed by atoms with Crippen LogP contribution in [-0.2, 0) is 4.74 Å². The fraction of sp³-hybridized carbons (Fsp3) is 0.476. The number of fused-ring (bicyclic) bond motifs is 1. The first-order chi connectivity index (χ1) is 15.5. The van der Waals surface area contributed by atoms with Crippen LogP contribution in [-0.4, -0.2) is 51.9 Å². The molecule has 11 heteroatoms. The number of nitrogens with two attached hydrogens (primary N) is 2. The van der Waals surface area contributed by atoms with E-state index in [2.05, 4.69) is 30.6 Å². The van der Waals surface area contributed by atoms with Crippen LogP contribution >= 0.6 is 11.6 Å². The summed E-state index contributed by atoms with van der Waals surface area (Å²) in [6.45, 7) is 3.59. The molecule has 0 radical (unpaired) electrons. The van der Waals surface area contributed by atoms with Gasteiger partial charge >= 0.3 is 0 Å². The molecule has 6 rings (SSSR count). The minimum Gasteiger partial charge on any atom is -0.399 e. The van der Waals surface area contributed by atoms with Gasteiger partial charge in [0.05, 0.1) is 35.8 Å². The van der Waals surface area contributed by atoms with Gasteiger partial charge in [0.15, 0.2) is 11.5 Å². The molecule has 3 aliphatic rings. The van der Waals surface area contributed by atoms with E-state index in [1.54, 1.807) is 16.8 Å². The summed E-state index contributed by atoms with van der Waals surface area (Å²) in [5.74, 6) is 1.45. The Morgan fingerprint density at radius 2 is 1.94 bits per heavy atom. The monoisotopic (exact) mass is 455 g/mol. The molecule has 2 aliphatic heterocycles. The van der Waals surface area contributed by atoms with Crippen molar-refractivity contribution in [3.8, 4) is 0 Å². The fourth-order valence-corrected chi connectivity index (χ4v) is 4.72. The summed E-state index contributed by atoms with van der Waals surface area (Å²) in [4.78, 5) is 11.3. The molecule has 0 unspecified atom stereocenters. The van der Waals surface area contributed by atoms with Crippen LogP contribution in [0.5, 0.6) is 0 Å². The highest BCUT2D eigenvalue weighted by Gasteiger charge is 2.41. The molecule has 3 fully saturated rings. The Morgan fingerprint density at radius 1 is 1.16 bits per heavy atom. The van der Waals surface area contributed by atoms with E-state index in [0.29, 0.717) is 51.1 Å². The summed E-state index contributed by atoms with van der Waals surface area (Å²) >= 11 is 6.85. The van der Waals surface area contributed by atoms with Crippen molar-refractivity contribution in [2.45, 2.75) is 31.7 Å². The van der Waals surface area contributed by atoms with Crippen LogP contribution in [0.3, 0.4) is 0 Å². The zero-order chi connectivity index (χ0) is 21.9. The molecule has 2 saturated heterocycles. The average Bonchev–Trinajstić information content (AvgIpc) is 3.50. The summed E-state index contributed by atoms with van der Waals surface area (Å²) in [7, 11) is 0. The Balaban J connectivity index is 1.31. The lowest BCUT2D eigenvalue weighted by Crippen LogP contribution is -2.51. The van der Waals surface area contributed by atoms with Gasteiger partial charge in [0, 0.05) is 30.2 Å². The number of anilines is 6. The van der Waals surface area contributed by atoms with Crippen molar-refractivity contribution in [1.29, 1.82) is 0 Å². The van der Waals surface area contributed by atoms with Crippen LogP contribution in [0, 0.1) is 5.41 Å². The van der Waals surface area contributed by atoms with E-state index >= 15 is 0 Å². The Hall–Kier alpha value is -2.98. The van der Waals surface area contributed by atoms with Crippen molar-refractivity contribution in [2.75, 3.05) is 53.3 Å². The molecule has 2 aromatic heterocycles. The predicted molar refractivity (Wildman–Crippen MR) is 126 cm³/mol. The highest BCUT2D eigenvalue weighted by Crippen LogP contribution is 2.43. The first-order valence-corrected chi connectivity index (χ1v) is 11.3. The normalized spacial score (nSPS) is 19.8. The Bertz CT molecular complexity index is 1180. The Labute approximate surface area is 190 Å². The second-order valence-electron chi connectivity index (χ2n) is 9.13. The molecule has 1 aliphatic carbocycles. The number of hydrogen-bond acceptors (Lipinski definition) is 9. The smallest absolute Gasteiger partial charge is 0.247 e. The molecule has 6 N–H and O–H groups in total. The average molecular weight is 456 g/mol. The second kappa shape index (κ2) is 7.28. The summed E-state index contributed by atoms with van der Waals surface area (Å²) in [5, 5.41) is 11.8. The van der Waals surface area contributed by atoms with E-state index in [0.717, 1.165) is 57.7 Å². The number of rotatable bonds is 5. The van der Waals surface area contributed by atoms with Gasteiger partial charge in [-0.05, 0) is 37.8 Å². The molecular weight excluding hydrogens is 430 g/mol. The predicted octanol–water partition coefficient (Wildman–Crippen LogP) is 2.88. The van der Waals surface area contributed by atoms with Gasteiger partial charge in [0.2, 0.25) is 5.95 Å². The number of nitrogens with one attached hydrogen (secondary N) is 2. The number of ether oxygens (including phenoxy) is 1. The Kier molecular flexibility index (Phi) is 4.48. The first-order valence-electron chi connectivity index (χ1n) is 11.0. The standard InChI is InChI=1S/C21H26ClN9O/c22-17-14(7-12(23)8-15(17)30-5-3-21(4-6-30)10-32-11-21)27-20-28-18(26-13-1-2-13)19-25-9-16(24)31(19)29-20/h7-9,13H,1-6,10-11,23-24H2,(H2,26,27,28,29). The zero-order valence-corrected chi connectivity index (χ0v) is 18.4. The Morgan fingerprint density at radius 3 is 2.62 bits per heavy atom. The van der Waals surface area contributed by atoms with Crippen molar-refractivity contribution >= 4 is 51.9 Å². The summed E-state index contributed by atoms with van der Waals surface area (Å²) in [5.41, 5.74) is 15.5. The maximum absolute atomic E-state index is 6.85. The first kappa shape index (κ1) is 19.7. The van der Waals surface area contributed by atoms with Gasteiger partial charge in [0.25, 0.3) is 0 Å². The third-order valence-electron chi connectivity index (χ3n) is 6.61. The van der Waals surface area contributed by atoms with Gasteiger partial charge in [-0.3, -0.25) is 0 Å². The van der Waals surface area contributed by atoms with E-state index in [1.807, 2.05) is 6.07 Å². The highest BCUT2D eigenvalue weighted by atomic mass is 35.5. The molecule has 0 amide bonds. The van der Waals surface area contributed by atoms with E-state index in [-0.39, 0.29) is 0 Å². The number of hydrogen-bond donors (Lipinski definition) is 4. The number of nitrogen functional groups attached to an aromatic ring is 2. The van der Waals surface area contributed by atoms with Crippen LogP contribution in [0.4, 0.5) is 34.6 Å². The lowest BCUT2D eigenvalue weighted by atomic mass is 9.77. The minimum absolute atomic E-state index is 0.351. The number of piperidine rings is 1. The van der Waals surface area contributed by atoms with Crippen molar-refractivity contribution in [3.63, 3.8) is 0 Å². The third-order valence-corrected chi connectivity index (χ3v) is 7.01. The molecule has 1 aromatic carbocycles. The van der Waals surface area contributed by atoms with Crippen molar-refractivity contribution in [1.82, 2.24) is 19.6 Å². The van der Waals surface area contributed by atoms with Gasteiger partial charge in [-0.25, -0.2) is 4.98 Å². The number of benzene rings is 1. The largest absolute Gasteiger partial charge is 0.399 e. The van der Waals surface area contributed by atoms with Crippen molar-refractivity contribution < 1.29 is 4.74 Å². The summed E-state index contributed by atoms with van der Waals surface area (Å²) in [6.07, 6.45) is 5.99. The summed E-state index contributed by atoms with van der Waals surface area (Å²) < 4.78 is 7.02. The van der Waals surface area contributed by atoms with Crippen LogP contribution in [0.1, 0.15) is 25.7 Å². The van der Waals surface area contributed by atoms with Crippen LogP contribution in [0.15, 0.2) is 18.3 Å². The quantitative estimate of drug-likeness (QED) is 0.428. The third kappa shape index (κ3) is 3.43. The van der Waals surface area contributed by atoms with Crippen LogP contribution in [0.2, 0.25) is 5.02 Å². The van der Waals surface area contributed by atoms with E-state index < -0.39 is 0 Å². The molecule has 1 saturated carbocycles. The zero-order valence-electron chi connectivity index (χ0n) is 17.6. The topological polar surface area (TPSA) is 132 Å². The number of imidazole rings is 1. The molecular formula is C21H26ClN9O. The molecule has 4 heterocycles. The summed E-state index contributed by atoms with van der Waals surface area (Å²) in [6, 6.07) is 4.14. The second-order valence-corrected chi connectivity index (χ2v) is 9.51. The molecule has 0 atom stereocenters. The maximum atomic E-state index is 6.85. The van der Waals surface area contributed by atoms with Crippen LogP contribution in [0.25, 0.3) is 5.65 Å². The number of aromatic nitrogens is 4. The highest BCUT2D eigenvalue weighted by molar-refractivity contribution is 6.36. The molecule has 1 spiro atoms. The molecule has 10 nitrogen and oxygen atoms in total. The molecule has 3 aromatic rings. The molecule has 0 bridgehead atoms. The molecule has 32 heavy (non-hydrogen) atoms.